The Hall–Kier alpha value is -2.22. The van der Waals surface area contributed by atoms with Crippen molar-refractivity contribution in [3.63, 3.8) is 0 Å². The van der Waals surface area contributed by atoms with Gasteiger partial charge in [0.15, 0.2) is 0 Å². The lowest BCUT2D eigenvalue weighted by Crippen LogP contribution is -2.32. The zero-order valence-corrected chi connectivity index (χ0v) is 19.0. The van der Waals surface area contributed by atoms with E-state index in [1.807, 2.05) is 45.9 Å². The second kappa shape index (κ2) is 7.80. The molecular weight excluding hydrogens is 422 g/mol. The van der Waals surface area contributed by atoms with Gasteiger partial charge in [0.25, 0.3) is 0 Å². The lowest BCUT2D eigenvalue weighted by Gasteiger charge is -2.25. The maximum Gasteiger partial charge on any atom is 0.245 e. The van der Waals surface area contributed by atoms with E-state index in [-0.39, 0.29) is 0 Å². The zero-order chi connectivity index (χ0) is 21.6. The van der Waals surface area contributed by atoms with Crippen molar-refractivity contribution < 1.29 is 12.9 Å². The number of rotatable bonds is 4. The van der Waals surface area contributed by atoms with Gasteiger partial charge in [-0.2, -0.15) is 9.29 Å². The topological polar surface area (TPSA) is 76.3 Å². The highest BCUT2D eigenvalue weighted by molar-refractivity contribution is 7.89. The van der Waals surface area contributed by atoms with Gasteiger partial charge in [-0.25, -0.2) is 8.42 Å². The third-order valence-corrected chi connectivity index (χ3v) is 8.30. The van der Waals surface area contributed by atoms with Gasteiger partial charge in [-0.15, -0.1) is 0 Å². The maximum atomic E-state index is 13.7. The minimum Gasteiger partial charge on any atom is -0.337 e. The van der Waals surface area contributed by atoms with Crippen LogP contribution in [0.5, 0.6) is 0 Å². The van der Waals surface area contributed by atoms with Crippen LogP contribution in [0.3, 0.4) is 0 Å². The second-order valence-electron chi connectivity index (χ2n) is 7.83. The van der Waals surface area contributed by atoms with Crippen molar-refractivity contribution in [1.82, 2.24) is 14.4 Å². The van der Waals surface area contributed by atoms with Gasteiger partial charge in [0.2, 0.25) is 21.7 Å². The van der Waals surface area contributed by atoms with Crippen LogP contribution in [0.15, 0.2) is 39.8 Å². The van der Waals surface area contributed by atoms with E-state index in [9.17, 15) is 8.42 Å². The normalized spacial score (nSPS) is 17.6. The summed E-state index contributed by atoms with van der Waals surface area (Å²) < 4.78 is 34.4. The van der Waals surface area contributed by atoms with Crippen molar-refractivity contribution in [3.8, 4) is 11.4 Å². The van der Waals surface area contributed by atoms with Gasteiger partial charge in [0.1, 0.15) is 6.04 Å². The number of halogens is 1. The molecule has 1 atom stereocenters. The van der Waals surface area contributed by atoms with Gasteiger partial charge in [-0.05, 0) is 74.9 Å². The van der Waals surface area contributed by atoms with E-state index in [2.05, 4.69) is 10.1 Å². The molecule has 1 aliphatic heterocycles. The SMILES string of the molecule is Cc1cc(C)c(C)c(S(=O)(=O)N2CCC[C@H]2c2nc(-c3cccc(Cl)c3)no2)c1C. The molecule has 4 rings (SSSR count). The fraction of sp³-hybridized carbons (Fsp3) is 0.364. The molecule has 0 unspecified atom stereocenters. The molecule has 30 heavy (non-hydrogen) atoms. The van der Waals surface area contributed by atoms with Crippen molar-refractivity contribution >= 4 is 21.6 Å². The first-order chi connectivity index (χ1) is 14.2. The average Bonchev–Trinajstić information content (AvgIpc) is 3.36. The van der Waals surface area contributed by atoms with E-state index >= 15 is 0 Å². The Morgan fingerprint density at radius 1 is 1.10 bits per heavy atom. The molecule has 1 saturated heterocycles. The predicted octanol–water partition coefficient (Wildman–Crippen LogP) is 5.15. The number of hydrogen-bond acceptors (Lipinski definition) is 5. The molecule has 1 aromatic heterocycles. The van der Waals surface area contributed by atoms with E-state index in [0.29, 0.717) is 34.6 Å². The number of aryl methyl sites for hydroxylation is 2. The van der Waals surface area contributed by atoms with Crippen LogP contribution in [-0.2, 0) is 10.0 Å². The molecule has 0 bridgehead atoms. The summed E-state index contributed by atoms with van der Waals surface area (Å²) in [6.45, 7) is 8.04. The van der Waals surface area contributed by atoms with Crippen molar-refractivity contribution in [3.05, 3.63) is 63.5 Å². The first kappa shape index (κ1) is 21.0. The molecule has 0 radical (unpaired) electrons. The summed E-state index contributed by atoms with van der Waals surface area (Å²) in [5, 5.41) is 4.63. The van der Waals surface area contributed by atoms with Crippen molar-refractivity contribution in [2.45, 2.75) is 51.5 Å². The molecule has 0 saturated carbocycles. The maximum absolute atomic E-state index is 13.7. The first-order valence-corrected chi connectivity index (χ1v) is 11.7. The summed E-state index contributed by atoms with van der Waals surface area (Å²) in [5.41, 5.74) is 4.23. The number of aromatic nitrogens is 2. The number of benzene rings is 2. The molecule has 3 aromatic rings. The highest BCUT2D eigenvalue weighted by Gasteiger charge is 2.41. The molecule has 0 aliphatic carbocycles. The summed E-state index contributed by atoms with van der Waals surface area (Å²) in [5.74, 6) is 0.709. The number of nitrogens with zero attached hydrogens (tertiary/aromatic N) is 3. The van der Waals surface area contributed by atoms with E-state index in [1.54, 1.807) is 12.1 Å². The van der Waals surface area contributed by atoms with Crippen LogP contribution in [-0.4, -0.2) is 29.4 Å². The first-order valence-electron chi connectivity index (χ1n) is 9.89. The summed E-state index contributed by atoms with van der Waals surface area (Å²) in [4.78, 5) is 4.89. The third-order valence-electron chi connectivity index (χ3n) is 5.88. The highest BCUT2D eigenvalue weighted by atomic mass is 35.5. The molecule has 6 nitrogen and oxygen atoms in total. The van der Waals surface area contributed by atoms with Crippen LogP contribution in [0.2, 0.25) is 5.02 Å². The molecule has 0 spiro atoms. The lowest BCUT2D eigenvalue weighted by atomic mass is 10.0. The Bertz CT molecular complexity index is 1190. The number of sulfonamides is 1. The van der Waals surface area contributed by atoms with Crippen LogP contribution in [0.4, 0.5) is 0 Å². The summed E-state index contributed by atoms with van der Waals surface area (Å²) in [7, 11) is -3.72. The average molecular weight is 446 g/mol. The van der Waals surface area contributed by atoms with Gasteiger partial charge in [-0.3, -0.25) is 0 Å². The lowest BCUT2D eigenvalue weighted by molar-refractivity contribution is 0.290. The Balaban J connectivity index is 1.73. The molecule has 1 aliphatic rings. The Labute approximate surface area is 181 Å². The number of hydrogen-bond donors (Lipinski definition) is 0. The standard InChI is InChI=1S/C22H24ClN3O3S/c1-13-11-14(2)16(4)20(15(13)3)30(27,28)26-10-6-9-19(26)22-24-21(25-29-22)17-7-5-8-18(23)12-17/h5,7-8,11-12,19H,6,9-10H2,1-4H3/t19-/m0/s1. The van der Waals surface area contributed by atoms with Gasteiger partial charge >= 0.3 is 0 Å². The van der Waals surface area contributed by atoms with Gasteiger partial charge in [0.05, 0.1) is 4.90 Å². The molecule has 2 heterocycles. The quantitative estimate of drug-likeness (QED) is 0.555. The van der Waals surface area contributed by atoms with Crippen molar-refractivity contribution in [2.75, 3.05) is 6.54 Å². The Morgan fingerprint density at radius 2 is 1.80 bits per heavy atom. The molecule has 1 fully saturated rings. The van der Waals surface area contributed by atoms with Crippen LogP contribution >= 0.6 is 11.6 Å². The molecule has 158 valence electrons. The zero-order valence-electron chi connectivity index (χ0n) is 17.4. The monoisotopic (exact) mass is 445 g/mol. The smallest absolute Gasteiger partial charge is 0.245 e. The van der Waals surface area contributed by atoms with Gasteiger partial charge in [0, 0.05) is 17.1 Å². The fourth-order valence-corrected chi connectivity index (χ4v) is 6.50. The van der Waals surface area contributed by atoms with E-state index < -0.39 is 16.1 Å². The van der Waals surface area contributed by atoms with Gasteiger partial charge in [-0.1, -0.05) is 35.0 Å². The van der Waals surface area contributed by atoms with Crippen LogP contribution in [0.25, 0.3) is 11.4 Å². The van der Waals surface area contributed by atoms with E-state index in [0.717, 1.165) is 34.2 Å². The summed E-state index contributed by atoms with van der Waals surface area (Å²) in [6.07, 6.45) is 1.38. The highest BCUT2D eigenvalue weighted by Crippen LogP contribution is 2.39. The molecule has 0 amide bonds. The van der Waals surface area contributed by atoms with Crippen molar-refractivity contribution in [1.29, 1.82) is 0 Å². The van der Waals surface area contributed by atoms with Crippen LogP contribution in [0, 0.1) is 27.7 Å². The summed E-state index contributed by atoms with van der Waals surface area (Å²) >= 11 is 6.06. The largest absolute Gasteiger partial charge is 0.337 e. The minimum absolute atomic E-state index is 0.311. The predicted molar refractivity (Wildman–Crippen MR) is 116 cm³/mol. The Kier molecular flexibility index (Phi) is 5.46. The minimum atomic E-state index is -3.72. The van der Waals surface area contributed by atoms with E-state index in [1.165, 1.54) is 4.31 Å². The molecule has 2 aromatic carbocycles. The third kappa shape index (κ3) is 3.55. The Morgan fingerprint density at radius 3 is 2.47 bits per heavy atom. The summed E-state index contributed by atoms with van der Waals surface area (Å²) in [6, 6.07) is 8.72. The van der Waals surface area contributed by atoms with Crippen molar-refractivity contribution in [2.24, 2.45) is 0 Å². The second-order valence-corrected chi connectivity index (χ2v) is 10.1. The molecular formula is C22H24ClN3O3S. The van der Waals surface area contributed by atoms with Gasteiger partial charge < -0.3 is 4.52 Å². The van der Waals surface area contributed by atoms with E-state index in [4.69, 9.17) is 16.1 Å². The fourth-order valence-electron chi connectivity index (χ4n) is 4.07. The molecule has 8 heteroatoms. The van der Waals surface area contributed by atoms with Crippen LogP contribution < -0.4 is 0 Å². The van der Waals surface area contributed by atoms with Crippen LogP contribution in [0.1, 0.15) is 47.0 Å². The molecule has 0 N–H and O–H groups in total.